The van der Waals surface area contributed by atoms with Crippen molar-refractivity contribution >= 4 is 21.6 Å². The van der Waals surface area contributed by atoms with Crippen LogP contribution < -0.4 is 5.32 Å². The number of amides is 1. The Kier molecular flexibility index (Phi) is 5.66. The van der Waals surface area contributed by atoms with Crippen LogP contribution in [0.1, 0.15) is 51.0 Å². The van der Waals surface area contributed by atoms with Gasteiger partial charge >= 0.3 is 0 Å². The second-order valence-electron chi connectivity index (χ2n) is 9.51. The van der Waals surface area contributed by atoms with E-state index in [2.05, 4.69) is 10.5 Å². The quantitative estimate of drug-likeness (QED) is 0.529. The van der Waals surface area contributed by atoms with Crippen molar-refractivity contribution in [3.63, 3.8) is 0 Å². The highest BCUT2D eigenvalue weighted by Crippen LogP contribution is 2.55. The fraction of sp³-hybridized carbons (Fsp3) is 0.636. The Balaban J connectivity index is 1.31. The summed E-state index contributed by atoms with van der Waals surface area (Å²) in [6.45, 7) is 1.67. The van der Waals surface area contributed by atoms with Gasteiger partial charge in [0.05, 0.1) is 10.6 Å². The molecule has 1 aromatic carbocycles. The first-order valence-electron chi connectivity index (χ1n) is 10.7. The lowest BCUT2D eigenvalue weighted by Crippen LogP contribution is -2.60. The summed E-state index contributed by atoms with van der Waals surface area (Å²) in [6.07, 6.45) is 7.33. The van der Waals surface area contributed by atoms with E-state index < -0.39 is 10.0 Å². The Morgan fingerprint density at radius 3 is 2.13 bits per heavy atom. The monoisotopic (exact) mass is 433 g/mol. The van der Waals surface area contributed by atoms with Gasteiger partial charge in [0.1, 0.15) is 0 Å². The molecule has 0 heterocycles. The minimum atomic E-state index is -3.46. The lowest BCUT2D eigenvalue weighted by atomic mass is 9.53. The van der Waals surface area contributed by atoms with Gasteiger partial charge in [-0.3, -0.25) is 4.79 Å². The fourth-order valence-corrected chi connectivity index (χ4v) is 6.82. The van der Waals surface area contributed by atoms with Crippen molar-refractivity contribution in [3.8, 4) is 0 Å². The van der Waals surface area contributed by atoms with E-state index >= 15 is 0 Å². The molecule has 0 unspecified atom stereocenters. The average molecular weight is 434 g/mol. The highest BCUT2D eigenvalue weighted by atomic mass is 32.2. The number of hydrogen-bond donors (Lipinski definition) is 1. The van der Waals surface area contributed by atoms with Crippen molar-refractivity contribution < 1.29 is 18.0 Å². The van der Waals surface area contributed by atoms with Crippen molar-refractivity contribution in [1.29, 1.82) is 0 Å². The molecule has 7 nitrogen and oxygen atoms in total. The highest BCUT2D eigenvalue weighted by molar-refractivity contribution is 7.89. The maximum absolute atomic E-state index is 12.5. The summed E-state index contributed by atoms with van der Waals surface area (Å²) in [5.74, 6) is 2.21. The molecule has 0 spiro atoms. The van der Waals surface area contributed by atoms with E-state index in [1.54, 1.807) is 31.2 Å². The van der Waals surface area contributed by atoms with Gasteiger partial charge in [-0.15, -0.1) is 0 Å². The summed E-state index contributed by atoms with van der Waals surface area (Å²) in [5.41, 5.74) is 1.31. The molecule has 8 heteroatoms. The molecule has 0 aromatic heterocycles. The molecular weight excluding hydrogens is 402 g/mol. The van der Waals surface area contributed by atoms with Gasteiger partial charge in [0.25, 0.3) is 5.91 Å². The van der Waals surface area contributed by atoms with E-state index in [9.17, 15) is 13.2 Å². The summed E-state index contributed by atoms with van der Waals surface area (Å²) in [4.78, 5) is 18.0. The van der Waals surface area contributed by atoms with Crippen LogP contribution in [0.3, 0.4) is 0 Å². The number of oxime groups is 1. The molecule has 4 saturated carbocycles. The Morgan fingerprint density at radius 2 is 1.63 bits per heavy atom. The maximum Gasteiger partial charge on any atom is 0.261 e. The molecule has 4 fully saturated rings. The third-order valence-corrected chi connectivity index (χ3v) is 8.72. The van der Waals surface area contributed by atoms with Crippen LogP contribution >= 0.6 is 0 Å². The first-order chi connectivity index (χ1) is 14.2. The van der Waals surface area contributed by atoms with Crippen LogP contribution in [0.4, 0.5) is 0 Å². The van der Waals surface area contributed by atoms with Gasteiger partial charge in [-0.25, -0.2) is 12.7 Å². The molecular formula is C22H31N3O4S. The molecule has 30 heavy (non-hydrogen) atoms. The largest absolute Gasteiger partial charge is 0.385 e. The van der Waals surface area contributed by atoms with Gasteiger partial charge in [0, 0.05) is 19.6 Å². The zero-order valence-corrected chi connectivity index (χ0v) is 18.7. The lowest BCUT2D eigenvalue weighted by Gasteiger charge is -2.56. The van der Waals surface area contributed by atoms with Gasteiger partial charge in [-0.05, 0) is 80.9 Å². The van der Waals surface area contributed by atoms with Crippen LogP contribution in [-0.2, 0) is 19.7 Å². The van der Waals surface area contributed by atoms with E-state index in [-0.39, 0.29) is 22.9 Å². The standard InChI is InChI=1S/C22H31N3O4S/c1-15(19-4-6-20(7-5-19)30(27,28)25(2)3)24-29-14-21(26)23-22-11-16-8-17(12-22)10-18(9-16)13-22/h4-7,16-18H,8-14H2,1-3H3,(H,23,26). The van der Waals surface area contributed by atoms with Crippen LogP contribution in [0.2, 0.25) is 0 Å². The number of sulfonamides is 1. The predicted octanol–water partition coefficient (Wildman–Crippen LogP) is 2.76. The minimum absolute atomic E-state index is 0.0261. The summed E-state index contributed by atoms with van der Waals surface area (Å²) < 4.78 is 25.5. The van der Waals surface area contributed by atoms with Crippen molar-refractivity contribution in [3.05, 3.63) is 29.8 Å². The van der Waals surface area contributed by atoms with Gasteiger partial charge in [-0.1, -0.05) is 17.3 Å². The second kappa shape index (κ2) is 7.96. The molecule has 4 aliphatic carbocycles. The minimum Gasteiger partial charge on any atom is -0.385 e. The summed E-state index contributed by atoms with van der Waals surface area (Å²) in [6, 6.07) is 6.47. The van der Waals surface area contributed by atoms with Crippen LogP contribution in [0.25, 0.3) is 0 Å². The van der Waals surface area contributed by atoms with Crippen LogP contribution in [-0.4, -0.2) is 50.6 Å². The Labute approximate surface area is 178 Å². The number of carbonyl (C=O) groups is 1. The van der Waals surface area contributed by atoms with Crippen LogP contribution in [0, 0.1) is 17.8 Å². The van der Waals surface area contributed by atoms with Crippen molar-refractivity contribution in [2.24, 2.45) is 22.9 Å². The normalized spacial score (nSPS) is 30.5. The number of carbonyl (C=O) groups excluding carboxylic acids is 1. The zero-order valence-electron chi connectivity index (χ0n) is 17.9. The number of nitrogens with zero attached hydrogens (tertiary/aromatic N) is 2. The Hall–Kier alpha value is -1.93. The van der Waals surface area contributed by atoms with Crippen molar-refractivity contribution in [2.45, 2.75) is 55.9 Å². The van der Waals surface area contributed by atoms with E-state index in [0.717, 1.165) is 42.6 Å². The maximum atomic E-state index is 12.5. The molecule has 0 saturated heterocycles. The van der Waals surface area contributed by atoms with E-state index in [1.165, 1.54) is 37.7 Å². The second-order valence-corrected chi connectivity index (χ2v) is 11.7. The van der Waals surface area contributed by atoms with Crippen molar-refractivity contribution in [2.75, 3.05) is 20.7 Å². The van der Waals surface area contributed by atoms with Gasteiger partial charge in [-0.2, -0.15) is 0 Å². The molecule has 164 valence electrons. The number of benzene rings is 1. The molecule has 0 atom stereocenters. The Morgan fingerprint density at radius 1 is 1.10 bits per heavy atom. The van der Waals surface area contributed by atoms with Gasteiger partial charge in [0.2, 0.25) is 10.0 Å². The molecule has 5 rings (SSSR count). The SMILES string of the molecule is CC(=NOCC(=O)NC12CC3CC(CC(C3)C1)C2)c1ccc(S(=O)(=O)N(C)C)cc1. The first kappa shape index (κ1) is 21.3. The molecule has 0 aliphatic heterocycles. The fourth-order valence-electron chi connectivity index (χ4n) is 5.91. The van der Waals surface area contributed by atoms with Crippen molar-refractivity contribution in [1.82, 2.24) is 9.62 Å². The highest BCUT2D eigenvalue weighted by Gasteiger charge is 2.51. The molecule has 1 aromatic rings. The average Bonchev–Trinajstić information content (AvgIpc) is 2.66. The van der Waals surface area contributed by atoms with E-state index in [4.69, 9.17) is 4.84 Å². The van der Waals surface area contributed by atoms with Crippen LogP contribution in [0.5, 0.6) is 0 Å². The number of nitrogens with one attached hydrogen (secondary N) is 1. The molecule has 4 aliphatic rings. The smallest absolute Gasteiger partial charge is 0.261 e. The third kappa shape index (κ3) is 4.25. The van der Waals surface area contributed by atoms with Gasteiger partial charge < -0.3 is 10.2 Å². The molecule has 1 N–H and O–H groups in total. The molecule has 1 amide bonds. The molecule has 4 bridgehead atoms. The zero-order chi connectivity index (χ0) is 21.5. The summed E-state index contributed by atoms with van der Waals surface area (Å²) in [7, 11) is -0.464. The summed E-state index contributed by atoms with van der Waals surface area (Å²) >= 11 is 0. The predicted molar refractivity (Wildman–Crippen MR) is 115 cm³/mol. The first-order valence-corrected chi connectivity index (χ1v) is 12.1. The lowest BCUT2D eigenvalue weighted by molar-refractivity contribution is -0.131. The van der Waals surface area contributed by atoms with E-state index in [1.807, 2.05) is 0 Å². The number of rotatable bonds is 7. The van der Waals surface area contributed by atoms with Crippen LogP contribution in [0.15, 0.2) is 34.3 Å². The topological polar surface area (TPSA) is 88.1 Å². The number of hydrogen-bond acceptors (Lipinski definition) is 5. The summed E-state index contributed by atoms with van der Waals surface area (Å²) in [5, 5.41) is 7.32. The van der Waals surface area contributed by atoms with Gasteiger partial charge in [0.15, 0.2) is 6.61 Å². The molecule has 0 radical (unpaired) electrons. The van der Waals surface area contributed by atoms with E-state index in [0.29, 0.717) is 5.71 Å². The Bertz CT molecular complexity index is 902. The third-order valence-electron chi connectivity index (χ3n) is 6.89.